The number of rotatable bonds is 3. The van der Waals surface area contributed by atoms with E-state index in [0.717, 1.165) is 6.07 Å². The van der Waals surface area contributed by atoms with Gasteiger partial charge in [-0.15, -0.1) is 0 Å². The third-order valence-electron chi connectivity index (χ3n) is 2.71. The molecule has 0 unspecified atom stereocenters. The molecule has 1 aromatic rings. The molecule has 10 heteroatoms. The lowest BCUT2D eigenvalue weighted by Crippen LogP contribution is -2.53. The Morgan fingerprint density at radius 2 is 1.81 bits per heavy atom. The zero-order chi connectivity index (χ0) is 15.8. The second-order valence-electron chi connectivity index (χ2n) is 4.19. The largest absolute Gasteiger partial charge is 0.478 e. The Hall–Kier alpha value is -2.33. The van der Waals surface area contributed by atoms with Gasteiger partial charge in [0.25, 0.3) is 0 Å². The molecule has 2 amide bonds. The van der Waals surface area contributed by atoms with Gasteiger partial charge >= 0.3 is 5.97 Å². The Morgan fingerprint density at radius 3 is 2.33 bits per heavy atom. The number of piperazine rings is 1. The molecule has 1 saturated heterocycles. The second-order valence-corrected chi connectivity index (χ2v) is 6.10. The highest BCUT2D eigenvalue weighted by molar-refractivity contribution is 7.89. The van der Waals surface area contributed by atoms with Crippen LogP contribution in [0, 0.1) is 5.82 Å². The first kappa shape index (κ1) is 15.1. The summed E-state index contributed by atoms with van der Waals surface area (Å²) in [6.07, 6.45) is 0. The normalized spacial score (nSPS) is 16.6. The third-order valence-corrected chi connectivity index (χ3v) is 4.52. The van der Waals surface area contributed by atoms with Gasteiger partial charge in [-0.25, -0.2) is 17.6 Å². The summed E-state index contributed by atoms with van der Waals surface area (Å²) in [7, 11) is -4.50. The van der Waals surface area contributed by atoms with Gasteiger partial charge in [0.05, 0.1) is 18.7 Å². The fourth-order valence-corrected chi connectivity index (χ4v) is 3.20. The monoisotopic (exact) mass is 316 g/mol. The maximum absolute atomic E-state index is 13.7. The van der Waals surface area contributed by atoms with E-state index in [0.29, 0.717) is 16.4 Å². The number of halogens is 1. The van der Waals surface area contributed by atoms with E-state index < -0.39 is 57.2 Å². The second kappa shape index (κ2) is 5.22. The number of hydrogen-bond donors (Lipinski definition) is 2. The van der Waals surface area contributed by atoms with Crippen molar-refractivity contribution in [3.8, 4) is 0 Å². The molecule has 8 nitrogen and oxygen atoms in total. The van der Waals surface area contributed by atoms with Gasteiger partial charge in [0, 0.05) is 0 Å². The number of sulfonamides is 1. The molecule has 2 rings (SSSR count). The summed E-state index contributed by atoms with van der Waals surface area (Å²) >= 11 is 0. The highest BCUT2D eigenvalue weighted by Gasteiger charge is 2.34. The van der Waals surface area contributed by atoms with Crippen LogP contribution in [0.1, 0.15) is 10.4 Å². The number of imide groups is 1. The van der Waals surface area contributed by atoms with Crippen molar-refractivity contribution >= 4 is 27.8 Å². The van der Waals surface area contributed by atoms with Crippen LogP contribution in [0.15, 0.2) is 23.1 Å². The van der Waals surface area contributed by atoms with Crippen LogP contribution in [0.3, 0.4) is 0 Å². The summed E-state index contributed by atoms with van der Waals surface area (Å²) in [5.41, 5.74) is -0.428. The van der Waals surface area contributed by atoms with Gasteiger partial charge in [-0.05, 0) is 18.2 Å². The van der Waals surface area contributed by atoms with Crippen molar-refractivity contribution in [2.24, 2.45) is 0 Å². The average Bonchev–Trinajstić information content (AvgIpc) is 2.37. The molecular formula is C11H9FN2O6S. The van der Waals surface area contributed by atoms with Crippen molar-refractivity contribution in [3.63, 3.8) is 0 Å². The van der Waals surface area contributed by atoms with Crippen LogP contribution in [-0.4, -0.2) is 48.7 Å². The van der Waals surface area contributed by atoms with Crippen molar-refractivity contribution in [2.45, 2.75) is 4.90 Å². The molecule has 1 aliphatic heterocycles. The first-order valence-corrected chi connectivity index (χ1v) is 7.01. The number of hydrogen-bond acceptors (Lipinski definition) is 5. The van der Waals surface area contributed by atoms with E-state index >= 15 is 0 Å². The maximum Gasteiger partial charge on any atom is 0.335 e. The van der Waals surface area contributed by atoms with E-state index in [9.17, 15) is 27.2 Å². The summed E-state index contributed by atoms with van der Waals surface area (Å²) in [6.45, 7) is -1.30. The molecule has 1 heterocycles. The van der Waals surface area contributed by atoms with Crippen LogP contribution in [0.2, 0.25) is 0 Å². The van der Waals surface area contributed by atoms with E-state index in [2.05, 4.69) is 0 Å². The van der Waals surface area contributed by atoms with Crippen LogP contribution in [0.5, 0.6) is 0 Å². The van der Waals surface area contributed by atoms with E-state index in [1.54, 1.807) is 0 Å². The Bertz CT molecular complexity index is 729. The van der Waals surface area contributed by atoms with Crippen LogP contribution < -0.4 is 5.32 Å². The van der Waals surface area contributed by atoms with Crippen LogP contribution in [0.4, 0.5) is 4.39 Å². The number of nitrogens with zero attached hydrogens (tertiary/aromatic N) is 1. The highest BCUT2D eigenvalue weighted by Crippen LogP contribution is 2.21. The number of amides is 2. The number of carbonyl (C=O) groups excluding carboxylic acids is 2. The standard InChI is InChI=1S/C11H9FN2O6S/c12-7-2-1-6(11(17)18)3-8(7)21(19,20)14-4-9(15)13-10(16)5-14/h1-3H,4-5H2,(H,17,18)(H,13,15,16). The van der Waals surface area contributed by atoms with Gasteiger partial charge in [0.15, 0.2) is 0 Å². The molecule has 2 N–H and O–H groups in total. The Labute approximate surface area is 118 Å². The summed E-state index contributed by atoms with van der Waals surface area (Å²) in [5.74, 6) is -4.29. The molecular weight excluding hydrogens is 307 g/mol. The van der Waals surface area contributed by atoms with Gasteiger partial charge < -0.3 is 5.11 Å². The summed E-state index contributed by atoms with van der Waals surface area (Å²) in [5, 5.41) is 10.7. The van der Waals surface area contributed by atoms with Crippen molar-refractivity contribution in [3.05, 3.63) is 29.6 Å². The topological polar surface area (TPSA) is 121 Å². The molecule has 0 aliphatic carbocycles. The fourth-order valence-electron chi connectivity index (χ4n) is 1.75. The first-order chi connectivity index (χ1) is 9.71. The van der Waals surface area contributed by atoms with E-state index in [1.165, 1.54) is 0 Å². The Morgan fingerprint density at radius 1 is 1.24 bits per heavy atom. The van der Waals surface area contributed by atoms with Crippen LogP contribution in [0.25, 0.3) is 0 Å². The van der Waals surface area contributed by atoms with Gasteiger partial charge in [-0.3, -0.25) is 14.9 Å². The van der Waals surface area contributed by atoms with Gasteiger partial charge in [-0.2, -0.15) is 4.31 Å². The van der Waals surface area contributed by atoms with E-state index in [-0.39, 0.29) is 0 Å². The number of aromatic carboxylic acids is 1. The zero-order valence-electron chi connectivity index (χ0n) is 10.4. The number of carboxylic acids is 1. The fraction of sp³-hybridized carbons (Fsp3) is 0.182. The van der Waals surface area contributed by atoms with Gasteiger partial charge in [0.2, 0.25) is 21.8 Å². The average molecular weight is 316 g/mol. The molecule has 0 atom stereocenters. The maximum atomic E-state index is 13.7. The van der Waals surface area contributed by atoms with Crippen molar-refractivity contribution in [2.75, 3.05) is 13.1 Å². The van der Waals surface area contributed by atoms with Gasteiger partial charge in [-0.1, -0.05) is 0 Å². The van der Waals surface area contributed by atoms with Crippen LogP contribution in [-0.2, 0) is 19.6 Å². The minimum absolute atomic E-state index is 0.428. The lowest BCUT2D eigenvalue weighted by atomic mass is 10.2. The quantitative estimate of drug-likeness (QED) is 0.702. The van der Waals surface area contributed by atoms with E-state index in [1.807, 2.05) is 5.32 Å². The van der Waals surface area contributed by atoms with Crippen LogP contribution >= 0.6 is 0 Å². The summed E-state index contributed by atoms with van der Waals surface area (Å²) in [4.78, 5) is 32.3. The molecule has 0 spiro atoms. The van der Waals surface area contributed by atoms with Crippen molar-refractivity contribution in [1.29, 1.82) is 0 Å². The predicted molar refractivity (Wildman–Crippen MR) is 65.3 cm³/mol. The predicted octanol–water partition coefficient (Wildman–Crippen LogP) is -0.829. The molecule has 21 heavy (non-hydrogen) atoms. The molecule has 1 fully saturated rings. The zero-order valence-corrected chi connectivity index (χ0v) is 11.2. The Kier molecular flexibility index (Phi) is 3.75. The van der Waals surface area contributed by atoms with E-state index in [4.69, 9.17) is 5.11 Å². The third kappa shape index (κ3) is 2.90. The molecule has 1 aliphatic rings. The highest BCUT2D eigenvalue weighted by atomic mass is 32.2. The number of carbonyl (C=O) groups is 3. The minimum Gasteiger partial charge on any atom is -0.478 e. The summed E-state index contributed by atoms with van der Waals surface area (Å²) < 4.78 is 38.6. The Balaban J connectivity index is 2.48. The number of carboxylic acid groups (broad SMARTS) is 1. The lowest BCUT2D eigenvalue weighted by molar-refractivity contribution is -0.134. The lowest BCUT2D eigenvalue weighted by Gasteiger charge is -2.24. The SMILES string of the molecule is O=C1CN(S(=O)(=O)c2cc(C(=O)O)ccc2F)CC(=O)N1. The molecule has 0 aromatic heterocycles. The minimum atomic E-state index is -4.50. The first-order valence-electron chi connectivity index (χ1n) is 5.57. The number of benzene rings is 1. The van der Waals surface area contributed by atoms with Crippen molar-refractivity contribution in [1.82, 2.24) is 9.62 Å². The molecule has 0 bridgehead atoms. The van der Waals surface area contributed by atoms with Gasteiger partial charge in [0.1, 0.15) is 10.7 Å². The molecule has 0 radical (unpaired) electrons. The van der Waals surface area contributed by atoms with Crippen molar-refractivity contribution < 1.29 is 32.3 Å². The number of nitrogens with one attached hydrogen (secondary N) is 1. The summed E-state index contributed by atoms with van der Waals surface area (Å²) in [6, 6.07) is 2.25. The smallest absolute Gasteiger partial charge is 0.335 e. The molecule has 0 saturated carbocycles. The molecule has 112 valence electrons. The molecule has 1 aromatic carbocycles.